The minimum atomic E-state index is -0.201. The summed E-state index contributed by atoms with van der Waals surface area (Å²) in [5.41, 5.74) is 1.70. The van der Waals surface area contributed by atoms with Crippen LogP contribution in [0.2, 0.25) is 0 Å². The molecule has 0 bridgehead atoms. The second kappa shape index (κ2) is 7.47. The maximum Gasteiger partial charge on any atom is 0.128 e. The molecule has 21 heavy (non-hydrogen) atoms. The molecule has 1 atom stereocenters. The van der Waals surface area contributed by atoms with Crippen LogP contribution in [0, 0.1) is 5.82 Å². The van der Waals surface area contributed by atoms with Crippen LogP contribution in [-0.2, 0) is 0 Å². The van der Waals surface area contributed by atoms with Crippen LogP contribution in [0.5, 0.6) is 0 Å². The molecule has 0 spiro atoms. The molecule has 0 saturated carbocycles. The Kier molecular flexibility index (Phi) is 5.90. The average Bonchev–Trinajstić information content (AvgIpc) is 2.93. The highest BCUT2D eigenvalue weighted by atomic mass is 79.9. The number of nitrogens with one attached hydrogen (secondary N) is 1. The fraction of sp³-hybridized carbons (Fsp3) is 0.438. The summed E-state index contributed by atoms with van der Waals surface area (Å²) in [6.07, 6.45) is 0.995. The number of halogens is 2. The van der Waals surface area contributed by atoms with Crippen LogP contribution in [0.1, 0.15) is 55.4 Å². The van der Waals surface area contributed by atoms with Crippen LogP contribution in [-0.4, -0.2) is 11.5 Å². The third kappa shape index (κ3) is 4.11. The number of hydrogen-bond donors (Lipinski definition) is 1. The minimum Gasteiger partial charge on any atom is -0.304 e. The second-order valence-corrected chi connectivity index (χ2v) is 7.12. The van der Waals surface area contributed by atoms with E-state index in [9.17, 15) is 4.39 Å². The zero-order chi connectivity index (χ0) is 15.4. The van der Waals surface area contributed by atoms with Crippen LogP contribution in [0.3, 0.4) is 0 Å². The van der Waals surface area contributed by atoms with E-state index in [4.69, 9.17) is 0 Å². The first-order chi connectivity index (χ1) is 10.0. The molecule has 5 heteroatoms. The summed E-state index contributed by atoms with van der Waals surface area (Å²) in [6.45, 7) is 7.16. The summed E-state index contributed by atoms with van der Waals surface area (Å²) in [6, 6.07) is 4.85. The van der Waals surface area contributed by atoms with Gasteiger partial charge < -0.3 is 5.32 Å². The van der Waals surface area contributed by atoms with E-state index in [-0.39, 0.29) is 11.9 Å². The van der Waals surface area contributed by atoms with Crippen molar-refractivity contribution in [1.29, 1.82) is 0 Å². The van der Waals surface area contributed by atoms with Crippen LogP contribution in [0.15, 0.2) is 28.1 Å². The molecule has 1 aromatic carbocycles. The van der Waals surface area contributed by atoms with E-state index in [0.717, 1.165) is 28.1 Å². The Morgan fingerprint density at radius 2 is 2.14 bits per heavy atom. The monoisotopic (exact) mass is 370 g/mol. The predicted molar refractivity (Wildman–Crippen MR) is 90.4 cm³/mol. The average molecular weight is 371 g/mol. The lowest BCUT2D eigenvalue weighted by Gasteiger charge is -2.18. The first-order valence-corrected chi connectivity index (χ1v) is 8.83. The van der Waals surface area contributed by atoms with Crippen molar-refractivity contribution in [2.75, 3.05) is 6.54 Å². The maximum atomic E-state index is 14.2. The SMILES string of the molecule is CCCNC(c1nc(C(C)C)cs1)c1cc(Br)ccc1F. The third-order valence-corrected chi connectivity index (χ3v) is 4.67. The standard InChI is InChI=1S/C16H20BrFN2S/c1-4-7-19-15(12-8-11(17)5-6-13(12)18)16-20-14(9-21-16)10(2)3/h5-6,8-10,15,19H,4,7H2,1-3H3. The summed E-state index contributed by atoms with van der Waals surface area (Å²) < 4.78 is 15.1. The number of rotatable bonds is 6. The van der Waals surface area contributed by atoms with Gasteiger partial charge in [-0.25, -0.2) is 9.37 Å². The van der Waals surface area contributed by atoms with Crippen molar-refractivity contribution < 1.29 is 4.39 Å². The van der Waals surface area contributed by atoms with E-state index >= 15 is 0 Å². The molecule has 0 amide bonds. The van der Waals surface area contributed by atoms with Crippen molar-refractivity contribution in [3.63, 3.8) is 0 Å². The molecule has 0 aliphatic rings. The molecule has 1 N–H and O–H groups in total. The van der Waals surface area contributed by atoms with E-state index in [0.29, 0.717) is 11.5 Å². The van der Waals surface area contributed by atoms with Gasteiger partial charge in [-0.3, -0.25) is 0 Å². The quantitative estimate of drug-likeness (QED) is 0.750. The largest absolute Gasteiger partial charge is 0.304 e. The van der Waals surface area contributed by atoms with Gasteiger partial charge in [0.2, 0.25) is 0 Å². The first-order valence-electron chi connectivity index (χ1n) is 7.16. The van der Waals surface area contributed by atoms with E-state index in [1.54, 1.807) is 17.4 Å². The smallest absolute Gasteiger partial charge is 0.128 e. The molecule has 2 aromatic rings. The second-order valence-electron chi connectivity index (χ2n) is 5.32. The molecule has 0 aliphatic heterocycles. The number of benzene rings is 1. The first kappa shape index (κ1) is 16.6. The minimum absolute atomic E-state index is 0.194. The Labute approximate surface area is 137 Å². The Morgan fingerprint density at radius 3 is 2.76 bits per heavy atom. The van der Waals surface area contributed by atoms with Crippen molar-refractivity contribution in [3.8, 4) is 0 Å². The van der Waals surface area contributed by atoms with Gasteiger partial charge in [0.25, 0.3) is 0 Å². The van der Waals surface area contributed by atoms with E-state index < -0.39 is 0 Å². The topological polar surface area (TPSA) is 24.9 Å². The highest BCUT2D eigenvalue weighted by Crippen LogP contribution is 2.30. The van der Waals surface area contributed by atoms with Crippen molar-refractivity contribution in [2.45, 2.75) is 39.2 Å². The predicted octanol–water partition coefficient (Wildman–Crippen LogP) is 5.26. The van der Waals surface area contributed by atoms with Crippen molar-refractivity contribution >= 4 is 27.3 Å². The Hall–Kier alpha value is -0.780. The van der Waals surface area contributed by atoms with Gasteiger partial charge in [0.1, 0.15) is 10.8 Å². The molecule has 114 valence electrons. The Morgan fingerprint density at radius 1 is 1.38 bits per heavy atom. The zero-order valence-electron chi connectivity index (χ0n) is 12.5. The lowest BCUT2D eigenvalue weighted by molar-refractivity contribution is 0.543. The third-order valence-electron chi connectivity index (χ3n) is 3.25. The highest BCUT2D eigenvalue weighted by Gasteiger charge is 2.21. The van der Waals surface area contributed by atoms with Gasteiger partial charge >= 0.3 is 0 Å². The van der Waals surface area contributed by atoms with Gasteiger partial charge in [-0.15, -0.1) is 11.3 Å². The molecule has 0 fully saturated rings. The summed E-state index contributed by atoms with van der Waals surface area (Å²) in [7, 11) is 0. The normalized spacial score (nSPS) is 12.9. The molecular formula is C16H20BrFN2S. The van der Waals surface area contributed by atoms with Crippen LogP contribution in [0.25, 0.3) is 0 Å². The lowest BCUT2D eigenvalue weighted by Crippen LogP contribution is -2.24. The van der Waals surface area contributed by atoms with E-state index in [2.05, 4.69) is 52.4 Å². The van der Waals surface area contributed by atoms with Gasteiger partial charge in [-0.1, -0.05) is 36.7 Å². The summed E-state index contributed by atoms with van der Waals surface area (Å²) in [5.74, 6) is 0.183. The molecule has 0 radical (unpaired) electrons. The Balaban J connectivity index is 2.39. The van der Waals surface area contributed by atoms with Gasteiger partial charge in [0, 0.05) is 15.4 Å². The zero-order valence-corrected chi connectivity index (χ0v) is 14.9. The number of nitrogens with zero attached hydrogens (tertiary/aromatic N) is 1. The molecule has 0 aliphatic carbocycles. The van der Waals surface area contributed by atoms with Crippen LogP contribution >= 0.6 is 27.3 Å². The fourth-order valence-electron chi connectivity index (χ4n) is 2.05. The van der Waals surface area contributed by atoms with Gasteiger partial charge in [0.15, 0.2) is 0 Å². The van der Waals surface area contributed by atoms with E-state index in [1.807, 2.05) is 6.07 Å². The van der Waals surface area contributed by atoms with Crippen molar-refractivity contribution in [1.82, 2.24) is 10.3 Å². The lowest BCUT2D eigenvalue weighted by atomic mass is 10.1. The molecular weight excluding hydrogens is 351 g/mol. The Bertz CT molecular complexity index is 598. The van der Waals surface area contributed by atoms with Crippen molar-refractivity contribution in [2.24, 2.45) is 0 Å². The summed E-state index contributed by atoms with van der Waals surface area (Å²) >= 11 is 5.01. The molecule has 1 unspecified atom stereocenters. The van der Waals surface area contributed by atoms with Gasteiger partial charge in [-0.05, 0) is 37.1 Å². The molecule has 1 heterocycles. The summed E-state index contributed by atoms with van der Waals surface area (Å²) in [4.78, 5) is 4.68. The number of hydrogen-bond acceptors (Lipinski definition) is 3. The summed E-state index contributed by atoms with van der Waals surface area (Å²) in [5, 5.41) is 6.40. The highest BCUT2D eigenvalue weighted by molar-refractivity contribution is 9.10. The molecule has 0 saturated heterocycles. The van der Waals surface area contributed by atoms with Gasteiger partial charge in [0.05, 0.1) is 11.7 Å². The number of aromatic nitrogens is 1. The fourth-order valence-corrected chi connectivity index (χ4v) is 3.50. The number of thiazole rings is 1. The van der Waals surface area contributed by atoms with Crippen molar-refractivity contribution in [3.05, 3.63) is 50.1 Å². The van der Waals surface area contributed by atoms with Crippen LogP contribution < -0.4 is 5.32 Å². The molecule has 2 nitrogen and oxygen atoms in total. The van der Waals surface area contributed by atoms with E-state index in [1.165, 1.54) is 6.07 Å². The molecule has 1 aromatic heterocycles. The maximum absolute atomic E-state index is 14.2. The molecule has 2 rings (SSSR count). The van der Waals surface area contributed by atoms with Crippen LogP contribution in [0.4, 0.5) is 4.39 Å². The van der Waals surface area contributed by atoms with Gasteiger partial charge in [-0.2, -0.15) is 0 Å².